The predicted molar refractivity (Wildman–Crippen MR) is 107 cm³/mol. The average Bonchev–Trinajstić information content (AvgIpc) is 3.23. The van der Waals surface area contributed by atoms with Crippen molar-refractivity contribution in [1.82, 2.24) is 30.1 Å². The fourth-order valence-electron chi connectivity index (χ4n) is 3.46. The van der Waals surface area contributed by atoms with Gasteiger partial charge in [-0.05, 0) is 39.1 Å². The Balaban J connectivity index is 1.59. The van der Waals surface area contributed by atoms with Gasteiger partial charge in [0.2, 0.25) is 0 Å². The molecule has 0 aliphatic carbocycles. The smallest absolute Gasteiger partial charge is 0.349 e. The third-order valence-corrected chi connectivity index (χ3v) is 5.18. The first kappa shape index (κ1) is 22.7. The van der Waals surface area contributed by atoms with Gasteiger partial charge in [-0.15, -0.1) is 5.10 Å². The highest BCUT2D eigenvalue weighted by Crippen LogP contribution is 2.33. The molecule has 168 valence electrons. The normalized spacial score (nSPS) is 15.4. The Labute approximate surface area is 178 Å². The topological polar surface area (TPSA) is 83.4 Å². The summed E-state index contributed by atoms with van der Waals surface area (Å²) < 4.78 is 41.2. The molecule has 2 amide bonds. The number of halogens is 3. The van der Waals surface area contributed by atoms with Gasteiger partial charge in [-0.25, -0.2) is 4.68 Å². The molecular weight excluding hydrogens is 413 g/mol. The highest BCUT2D eigenvalue weighted by atomic mass is 19.4. The molecule has 1 aromatic heterocycles. The van der Waals surface area contributed by atoms with E-state index in [0.717, 1.165) is 6.07 Å². The number of hydrogen-bond donors (Lipinski definition) is 1. The van der Waals surface area contributed by atoms with E-state index in [4.69, 9.17) is 0 Å². The summed E-state index contributed by atoms with van der Waals surface area (Å²) >= 11 is 0. The molecule has 1 aliphatic rings. The van der Waals surface area contributed by atoms with Crippen molar-refractivity contribution in [2.24, 2.45) is 0 Å². The number of likely N-dealkylation sites (tertiary alicyclic amines) is 1. The molecule has 1 saturated heterocycles. The number of rotatable bonds is 6. The van der Waals surface area contributed by atoms with Crippen molar-refractivity contribution >= 4 is 11.8 Å². The summed E-state index contributed by atoms with van der Waals surface area (Å²) in [6, 6.07) is 4.73. The zero-order valence-electron chi connectivity index (χ0n) is 17.4. The van der Waals surface area contributed by atoms with E-state index < -0.39 is 17.6 Å². The standard InChI is InChI=1S/C20H25F3N6O2/c1-27(2)12-9-24-18(30)17-13-29(26-25-17)14-7-10-28(11-8-14)19(31)15-5-3-4-6-16(15)20(21,22)23/h3-6,13-14H,7-12H2,1-2H3,(H,24,30). The number of amides is 2. The summed E-state index contributed by atoms with van der Waals surface area (Å²) in [7, 11) is 3.81. The Morgan fingerprint density at radius 1 is 1.19 bits per heavy atom. The van der Waals surface area contributed by atoms with Crippen molar-refractivity contribution in [2.45, 2.75) is 25.1 Å². The van der Waals surface area contributed by atoms with Crippen LogP contribution in [-0.4, -0.2) is 76.9 Å². The Bertz CT molecular complexity index is 920. The number of likely N-dealkylation sites (N-methyl/N-ethyl adjacent to an activating group) is 1. The largest absolute Gasteiger partial charge is 0.417 e. The number of benzene rings is 1. The lowest BCUT2D eigenvalue weighted by Crippen LogP contribution is -2.40. The van der Waals surface area contributed by atoms with Crippen LogP contribution in [0.2, 0.25) is 0 Å². The van der Waals surface area contributed by atoms with Crippen LogP contribution in [0.4, 0.5) is 13.2 Å². The van der Waals surface area contributed by atoms with E-state index in [2.05, 4.69) is 15.6 Å². The minimum Gasteiger partial charge on any atom is -0.349 e. The van der Waals surface area contributed by atoms with Crippen LogP contribution < -0.4 is 5.32 Å². The second kappa shape index (κ2) is 9.46. The summed E-state index contributed by atoms with van der Waals surface area (Å²) in [4.78, 5) is 28.2. The number of nitrogens with zero attached hydrogens (tertiary/aromatic N) is 5. The minimum absolute atomic E-state index is 0.0854. The van der Waals surface area contributed by atoms with Crippen LogP contribution in [0.25, 0.3) is 0 Å². The van der Waals surface area contributed by atoms with Crippen molar-refractivity contribution in [3.05, 3.63) is 47.3 Å². The SMILES string of the molecule is CN(C)CCNC(=O)c1cn(C2CCN(C(=O)c3ccccc3C(F)(F)F)CC2)nn1. The number of alkyl halides is 3. The summed E-state index contributed by atoms with van der Waals surface area (Å²) in [6.07, 6.45) is -2.02. The second-order valence-corrected chi connectivity index (χ2v) is 7.71. The van der Waals surface area contributed by atoms with Crippen molar-refractivity contribution in [1.29, 1.82) is 0 Å². The lowest BCUT2D eigenvalue weighted by Gasteiger charge is -2.32. The molecule has 31 heavy (non-hydrogen) atoms. The molecule has 0 radical (unpaired) electrons. The van der Waals surface area contributed by atoms with Gasteiger partial charge in [0.25, 0.3) is 11.8 Å². The third kappa shape index (κ3) is 5.60. The molecule has 1 N–H and O–H groups in total. The van der Waals surface area contributed by atoms with Gasteiger partial charge >= 0.3 is 6.18 Å². The fraction of sp³-hybridized carbons (Fsp3) is 0.500. The number of piperidine rings is 1. The van der Waals surface area contributed by atoms with Crippen molar-refractivity contribution in [3.8, 4) is 0 Å². The van der Waals surface area contributed by atoms with Gasteiger partial charge in [-0.3, -0.25) is 9.59 Å². The summed E-state index contributed by atoms with van der Waals surface area (Å²) in [6.45, 7) is 1.77. The van der Waals surface area contributed by atoms with Gasteiger partial charge in [-0.2, -0.15) is 13.2 Å². The van der Waals surface area contributed by atoms with Gasteiger partial charge in [0.05, 0.1) is 23.4 Å². The highest BCUT2D eigenvalue weighted by molar-refractivity contribution is 5.96. The molecule has 3 rings (SSSR count). The molecule has 11 heteroatoms. The number of nitrogens with one attached hydrogen (secondary N) is 1. The lowest BCUT2D eigenvalue weighted by atomic mass is 10.0. The quantitative estimate of drug-likeness (QED) is 0.747. The maximum Gasteiger partial charge on any atom is 0.417 e. The van der Waals surface area contributed by atoms with E-state index in [-0.39, 0.29) is 23.2 Å². The molecule has 0 spiro atoms. The zero-order valence-corrected chi connectivity index (χ0v) is 17.4. The second-order valence-electron chi connectivity index (χ2n) is 7.71. The molecule has 0 atom stereocenters. The monoisotopic (exact) mass is 438 g/mol. The molecule has 2 aromatic rings. The van der Waals surface area contributed by atoms with Crippen LogP contribution in [0.3, 0.4) is 0 Å². The molecule has 1 aliphatic heterocycles. The summed E-state index contributed by atoms with van der Waals surface area (Å²) in [5.74, 6) is -0.949. The van der Waals surface area contributed by atoms with Gasteiger partial charge in [0, 0.05) is 26.2 Å². The van der Waals surface area contributed by atoms with Crippen LogP contribution in [0.15, 0.2) is 30.5 Å². The maximum absolute atomic E-state index is 13.2. The fourth-order valence-corrected chi connectivity index (χ4v) is 3.46. The predicted octanol–water partition coefficient (Wildman–Crippen LogP) is 2.07. The number of carbonyl (C=O) groups excluding carboxylic acids is 2. The Hall–Kier alpha value is -2.95. The van der Waals surface area contributed by atoms with E-state index in [1.807, 2.05) is 19.0 Å². The third-order valence-electron chi connectivity index (χ3n) is 5.18. The van der Waals surface area contributed by atoms with E-state index in [1.165, 1.54) is 23.1 Å². The number of carbonyl (C=O) groups is 2. The molecule has 0 bridgehead atoms. The Morgan fingerprint density at radius 2 is 1.87 bits per heavy atom. The Kier molecular flexibility index (Phi) is 6.94. The van der Waals surface area contributed by atoms with E-state index in [1.54, 1.807) is 10.9 Å². The van der Waals surface area contributed by atoms with Gasteiger partial charge in [0.15, 0.2) is 5.69 Å². The van der Waals surface area contributed by atoms with Gasteiger partial charge in [-0.1, -0.05) is 17.3 Å². The van der Waals surface area contributed by atoms with Crippen LogP contribution in [-0.2, 0) is 6.18 Å². The number of aromatic nitrogens is 3. The van der Waals surface area contributed by atoms with Crippen LogP contribution in [0, 0.1) is 0 Å². The summed E-state index contributed by atoms with van der Waals surface area (Å²) in [5, 5.41) is 10.7. The summed E-state index contributed by atoms with van der Waals surface area (Å²) in [5.41, 5.74) is -1.06. The molecule has 0 saturated carbocycles. The van der Waals surface area contributed by atoms with Crippen molar-refractivity contribution in [2.75, 3.05) is 40.3 Å². The van der Waals surface area contributed by atoms with Crippen molar-refractivity contribution in [3.63, 3.8) is 0 Å². The first-order chi connectivity index (χ1) is 14.7. The van der Waals surface area contributed by atoms with Gasteiger partial charge in [0.1, 0.15) is 0 Å². The molecule has 0 unspecified atom stereocenters. The number of hydrogen-bond acceptors (Lipinski definition) is 5. The first-order valence-electron chi connectivity index (χ1n) is 9.97. The molecule has 1 aromatic carbocycles. The maximum atomic E-state index is 13.2. The van der Waals surface area contributed by atoms with Crippen molar-refractivity contribution < 1.29 is 22.8 Å². The van der Waals surface area contributed by atoms with E-state index in [0.29, 0.717) is 39.0 Å². The molecular formula is C20H25F3N6O2. The molecule has 2 heterocycles. The average molecular weight is 438 g/mol. The molecule has 8 nitrogen and oxygen atoms in total. The minimum atomic E-state index is -4.59. The first-order valence-corrected chi connectivity index (χ1v) is 9.97. The van der Waals surface area contributed by atoms with E-state index in [9.17, 15) is 22.8 Å². The lowest BCUT2D eigenvalue weighted by molar-refractivity contribution is -0.138. The van der Waals surface area contributed by atoms with E-state index >= 15 is 0 Å². The molecule has 1 fully saturated rings. The van der Waals surface area contributed by atoms with Gasteiger partial charge < -0.3 is 15.1 Å². The zero-order chi connectivity index (χ0) is 22.6. The van der Waals surface area contributed by atoms with Crippen LogP contribution in [0.1, 0.15) is 45.3 Å². The van der Waals surface area contributed by atoms with Crippen LogP contribution >= 0.6 is 0 Å². The highest BCUT2D eigenvalue weighted by Gasteiger charge is 2.36. The van der Waals surface area contributed by atoms with Crippen LogP contribution in [0.5, 0.6) is 0 Å². The Morgan fingerprint density at radius 3 is 2.52 bits per heavy atom.